The van der Waals surface area contributed by atoms with Crippen LogP contribution in [0.3, 0.4) is 0 Å². The number of fused-ring (bicyclic) bond motifs is 1. The van der Waals surface area contributed by atoms with Gasteiger partial charge in [-0.1, -0.05) is 32.0 Å². The average Bonchev–Trinajstić information content (AvgIpc) is 2.21. The molecular formula is C11H12FN. The molecule has 1 aromatic carbocycles. The minimum absolute atomic E-state index is 0.288. The predicted molar refractivity (Wildman–Crippen MR) is 53.0 cm³/mol. The number of benzene rings is 1. The zero-order chi connectivity index (χ0) is 9.68. The number of hydrogen-bond acceptors (Lipinski definition) is 1. The largest absolute Gasteiger partial charge is 0.253 e. The van der Waals surface area contributed by atoms with E-state index >= 15 is 0 Å². The van der Waals surface area contributed by atoms with E-state index in [9.17, 15) is 4.39 Å². The van der Waals surface area contributed by atoms with Crippen LogP contribution in [0.15, 0.2) is 36.5 Å². The molecule has 1 nitrogen and oxygen atoms in total. The first-order valence-electron chi connectivity index (χ1n) is 4.36. The summed E-state index contributed by atoms with van der Waals surface area (Å²) in [5.41, 5.74) is 0.828. The molecular weight excluding hydrogens is 165 g/mol. The third-order valence-corrected chi connectivity index (χ3v) is 1.56. The van der Waals surface area contributed by atoms with E-state index in [1.165, 1.54) is 12.3 Å². The van der Waals surface area contributed by atoms with Crippen molar-refractivity contribution in [2.24, 2.45) is 0 Å². The molecule has 1 aromatic heterocycles. The van der Waals surface area contributed by atoms with Gasteiger partial charge in [-0.25, -0.2) is 4.39 Å². The SMILES string of the molecule is CC.Fc1cnc2ccccc2c1. The summed E-state index contributed by atoms with van der Waals surface area (Å²) < 4.78 is 12.6. The van der Waals surface area contributed by atoms with E-state index in [4.69, 9.17) is 0 Å². The lowest BCUT2D eigenvalue weighted by molar-refractivity contribution is 0.624. The number of nitrogens with zero attached hydrogens (tertiary/aromatic N) is 1. The predicted octanol–water partition coefficient (Wildman–Crippen LogP) is 3.40. The Morgan fingerprint density at radius 2 is 1.85 bits per heavy atom. The molecule has 0 N–H and O–H groups in total. The molecule has 2 rings (SSSR count). The highest BCUT2D eigenvalue weighted by Gasteiger charge is 1.93. The van der Waals surface area contributed by atoms with Crippen molar-refractivity contribution in [1.82, 2.24) is 4.98 Å². The van der Waals surface area contributed by atoms with Crippen LogP contribution in [0.1, 0.15) is 13.8 Å². The molecule has 0 aliphatic heterocycles. The van der Waals surface area contributed by atoms with Gasteiger partial charge in [0.2, 0.25) is 0 Å². The molecule has 0 unspecified atom stereocenters. The van der Waals surface area contributed by atoms with Gasteiger partial charge in [-0.2, -0.15) is 0 Å². The first-order valence-corrected chi connectivity index (χ1v) is 4.36. The smallest absolute Gasteiger partial charge is 0.142 e. The maximum Gasteiger partial charge on any atom is 0.142 e. The maximum absolute atomic E-state index is 12.6. The van der Waals surface area contributed by atoms with Crippen molar-refractivity contribution in [3.63, 3.8) is 0 Å². The Morgan fingerprint density at radius 1 is 1.15 bits per heavy atom. The van der Waals surface area contributed by atoms with Crippen LogP contribution in [0.2, 0.25) is 0 Å². The van der Waals surface area contributed by atoms with Crippen LogP contribution in [-0.4, -0.2) is 4.98 Å². The van der Waals surface area contributed by atoms with Gasteiger partial charge in [-0.05, 0) is 12.1 Å². The first kappa shape index (κ1) is 9.65. The molecule has 0 fully saturated rings. The van der Waals surface area contributed by atoms with Crippen LogP contribution < -0.4 is 0 Å². The number of halogens is 1. The Balaban J connectivity index is 0.000000396. The van der Waals surface area contributed by atoms with Crippen molar-refractivity contribution in [3.8, 4) is 0 Å². The van der Waals surface area contributed by atoms with E-state index in [2.05, 4.69) is 4.98 Å². The summed E-state index contributed by atoms with van der Waals surface area (Å²) in [7, 11) is 0. The number of hydrogen-bond donors (Lipinski definition) is 0. The second kappa shape index (κ2) is 4.55. The first-order chi connectivity index (χ1) is 6.36. The van der Waals surface area contributed by atoms with Gasteiger partial charge < -0.3 is 0 Å². The lowest BCUT2D eigenvalue weighted by atomic mass is 10.2. The Kier molecular flexibility index (Phi) is 3.38. The van der Waals surface area contributed by atoms with Crippen LogP contribution in [-0.2, 0) is 0 Å². The van der Waals surface area contributed by atoms with Gasteiger partial charge in [0.25, 0.3) is 0 Å². The number of rotatable bonds is 0. The molecule has 1 heterocycles. The van der Waals surface area contributed by atoms with E-state index in [1.807, 2.05) is 38.1 Å². The quantitative estimate of drug-likeness (QED) is 0.601. The van der Waals surface area contributed by atoms with Gasteiger partial charge in [0.05, 0.1) is 11.7 Å². The van der Waals surface area contributed by atoms with E-state index in [-0.39, 0.29) is 5.82 Å². The van der Waals surface area contributed by atoms with Crippen LogP contribution in [0, 0.1) is 5.82 Å². The average molecular weight is 177 g/mol. The van der Waals surface area contributed by atoms with E-state index < -0.39 is 0 Å². The fourth-order valence-corrected chi connectivity index (χ4v) is 1.04. The van der Waals surface area contributed by atoms with Crippen molar-refractivity contribution >= 4 is 10.9 Å². The van der Waals surface area contributed by atoms with E-state index in [0.717, 1.165) is 10.9 Å². The molecule has 68 valence electrons. The van der Waals surface area contributed by atoms with E-state index in [1.54, 1.807) is 0 Å². The molecule has 0 bridgehead atoms. The van der Waals surface area contributed by atoms with Crippen molar-refractivity contribution in [2.75, 3.05) is 0 Å². The summed E-state index contributed by atoms with van der Waals surface area (Å²) in [6, 6.07) is 8.92. The minimum atomic E-state index is -0.288. The summed E-state index contributed by atoms with van der Waals surface area (Å²) >= 11 is 0. The van der Waals surface area contributed by atoms with Gasteiger partial charge in [0.1, 0.15) is 5.82 Å². The molecule has 0 spiro atoms. The standard InChI is InChI=1S/C9H6FN.C2H6/c10-8-5-7-3-1-2-4-9(7)11-6-8;1-2/h1-6H;1-2H3. The Hall–Kier alpha value is -1.44. The number of pyridine rings is 1. The normalized spacial score (nSPS) is 9.15. The molecule has 0 saturated heterocycles. The monoisotopic (exact) mass is 177 g/mol. The Labute approximate surface area is 77.2 Å². The highest BCUT2D eigenvalue weighted by atomic mass is 19.1. The summed E-state index contributed by atoms with van der Waals surface area (Å²) in [5.74, 6) is -0.288. The topological polar surface area (TPSA) is 12.9 Å². The minimum Gasteiger partial charge on any atom is -0.253 e. The highest BCUT2D eigenvalue weighted by Crippen LogP contribution is 2.10. The van der Waals surface area contributed by atoms with Gasteiger partial charge in [-0.15, -0.1) is 0 Å². The highest BCUT2D eigenvalue weighted by molar-refractivity contribution is 5.77. The van der Waals surface area contributed by atoms with Crippen molar-refractivity contribution in [1.29, 1.82) is 0 Å². The fraction of sp³-hybridized carbons (Fsp3) is 0.182. The molecule has 2 heteroatoms. The molecule has 0 saturated carbocycles. The lowest BCUT2D eigenvalue weighted by Crippen LogP contribution is -1.79. The molecule has 0 atom stereocenters. The zero-order valence-electron chi connectivity index (χ0n) is 7.79. The molecule has 0 amide bonds. The molecule has 2 aromatic rings. The summed E-state index contributed by atoms with van der Waals surface area (Å²) in [6.45, 7) is 4.00. The van der Waals surface area contributed by atoms with Crippen molar-refractivity contribution in [2.45, 2.75) is 13.8 Å². The van der Waals surface area contributed by atoms with Crippen LogP contribution in [0.4, 0.5) is 4.39 Å². The van der Waals surface area contributed by atoms with Gasteiger partial charge in [-0.3, -0.25) is 4.98 Å². The Bertz CT molecular complexity index is 385. The van der Waals surface area contributed by atoms with Crippen molar-refractivity contribution < 1.29 is 4.39 Å². The summed E-state index contributed by atoms with van der Waals surface area (Å²) in [6.07, 6.45) is 1.22. The second-order valence-electron chi connectivity index (χ2n) is 2.35. The zero-order valence-corrected chi connectivity index (χ0v) is 7.79. The number of aromatic nitrogens is 1. The summed E-state index contributed by atoms with van der Waals surface area (Å²) in [4.78, 5) is 3.91. The Morgan fingerprint density at radius 3 is 2.62 bits per heavy atom. The van der Waals surface area contributed by atoms with E-state index in [0.29, 0.717) is 0 Å². The maximum atomic E-state index is 12.6. The van der Waals surface area contributed by atoms with Crippen LogP contribution in [0.25, 0.3) is 10.9 Å². The summed E-state index contributed by atoms with van der Waals surface area (Å²) in [5, 5.41) is 0.840. The van der Waals surface area contributed by atoms with Crippen LogP contribution >= 0.6 is 0 Å². The lowest BCUT2D eigenvalue weighted by Gasteiger charge is -1.93. The van der Waals surface area contributed by atoms with Gasteiger partial charge >= 0.3 is 0 Å². The van der Waals surface area contributed by atoms with Gasteiger partial charge in [0, 0.05) is 5.39 Å². The second-order valence-corrected chi connectivity index (χ2v) is 2.35. The molecule has 0 radical (unpaired) electrons. The fourth-order valence-electron chi connectivity index (χ4n) is 1.04. The third-order valence-electron chi connectivity index (χ3n) is 1.56. The van der Waals surface area contributed by atoms with Crippen molar-refractivity contribution in [3.05, 3.63) is 42.3 Å². The molecule has 0 aliphatic carbocycles. The third kappa shape index (κ3) is 2.25. The molecule has 0 aliphatic rings. The number of para-hydroxylation sites is 1. The molecule has 13 heavy (non-hydrogen) atoms. The van der Waals surface area contributed by atoms with Crippen LogP contribution in [0.5, 0.6) is 0 Å². The van der Waals surface area contributed by atoms with Gasteiger partial charge in [0.15, 0.2) is 0 Å².